The van der Waals surface area contributed by atoms with Gasteiger partial charge in [-0.05, 0) is 49.1 Å². The molecule has 1 aromatic carbocycles. The summed E-state index contributed by atoms with van der Waals surface area (Å²) in [6.45, 7) is 8.21. The highest BCUT2D eigenvalue weighted by molar-refractivity contribution is 5.77. The molecule has 0 radical (unpaired) electrons. The summed E-state index contributed by atoms with van der Waals surface area (Å²) in [6, 6.07) is 8.54. The summed E-state index contributed by atoms with van der Waals surface area (Å²) >= 11 is 0. The third-order valence-electron chi connectivity index (χ3n) is 6.43. The number of rotatable bonds is 4. The van der Waals surface area contributed by atoms with Crippen molar-refractivity contribution in [2.24, 2.45) is 0 Å². The molecule has 3 aromatic heterocycles. The van der Waals surface area contributed by atoms with Crippen LogP contribution in [-0.4, -0.2) is 25.9 Å². The lowest BCUT2D eigenvalue weighted by Gasteiger charge is -2.18. The lowest BCUT2D eigenvalue weighted by atomic mass is 9.93. The Morgan fingerprint density at radius 2 is 2.03 bits per heavy atom. The molecule has 6 rings (SSSR count). The minimum absolute atomic E-state index is 0.0566. The third-order valence-corrected chi connectivity index (χ3v) is 6.43. The summed E-state index contributed by atoms with van der Waals surface area (Å²) in [4.78, 5) is 22.5. The number of nitrogens with one attached hydrogen (secondary N) is 2. The molecular weight excluding hydrogens is 416 g/mol. The second-order valence-corrected chi connectivity index (χ2v) is 10.1. The van der Waals surface area contributed by atoms with Gasteiger partial charge in [0, 0.05) is 29.9 Å². The van der Waals surface area contributed by atoms with Gasteiger partial charge in [-0.25, -0.2) is 14.3 Å². The molecule has 0 amide bonds. The van der Waals surface area contributed by atoms with Crippen molar-refractivity contribution in [1.82, 2.24) is 24.6 Å². The van der Waals surface area contributed by atoms with Crippen molar-refractivity contribution < 1.29 is 4.42 Å². The molecule has 0 spiro atoms. The molecule has 8 nitrogen and oxygen atoms in total. The van der Waals surface area contributed by atoms with Crippen LogP contribution in [0.1, 0.15) is 56.5 Å². The van der Waals surface area contributed by atoms with Crippen LogP contribution in [0.15, 0.2) is 45.9 Å². The Morgan fingerprint density at radius 1 is 1.18 bits per heavy atom. The summed E-state index contributed by atoms with van der Waals surface area (Å²) in [5, 5.41) is 7.25. The molecule has 0 unspecified atom stereocenters. The summed E-state index contributed by atoms with van der Waals surface area (Å²) in [5.74, 6) is 1.34. The molecule has 1 aliphatic carbocycles. The molecule has 0 saturated heterocycles. The third kappa shape index (κ3) is 3.54. The fraction of sp³-hybridized carbons (Fsp3) is 0.400. The van der Waals surface area contributed by atoms with Crippen molar-refractivity contribution in [2.45, 2.75) is 58.0 Å². The Bertz CT molecular complexity index is 1420. The van der Waals surface area contributed by atoms with E-state index in [1.54, 1.807) is 12.5 Å². The molecule has 0 atom stereocenters. The molecule has 2 aliphatic rings. The first-order valence-electron chi connectivity index (χ1n) is 11.6. The molecule has 1 saturated carbocycles. The predicted octanol–water partition coefficient (Wildman–Crippen LogP) is 4.20. The minimum Gasteiger partial charge on any atom is -0.466 e. The first-order chi connectivity index (χ1) is 15.9. The molecular formula is C25H28N6O2. The minimum atomic E-state index is -0.129. The molecule has 33 heavy (non-hydrogen) atoms. The van der Waals surface area contributed by atoms with E-state index < -0.39 is 0 Å². The second-order valence-electron chi connectivity index (χ2n) is 10.1. The number of anilines is 2. The van der Waals surface area contributed by atoms with E-state index in [0.717, 1.165) is 49.5 Å². The van der Waals surface area contributed by atoms with Crippen LogP contribution < -0.4 is 16.2 Å². The largest absolute Gasteiger partial charge is 0.466 e. The SMILES string of the molecule is CC(C)(C)c1cc(-n2c3nc(Nc4ccc5c(c4)CCNC5)ncc3c(=O)n2C2CC2)co1. The number of furan rings is 1. The molecule has 8 heteroatoms. The second kappa shape index (κ2) is 7.31. The van der Waals surface area contributed by atoms with E-state index in [0.29, 0.717) is 17.0 Å². The van der Waals surface area contributed by atoms with Crippen LogP contribution in [0.5, 0.6) is 0 Å². The summed E-state index contributed by atoms with van der Waals surface area (Å²) in [6.07, 6.45) is 6.33. The molecule has 4 aromatic rings. The number of nitrogens with zero attached hydrogens (tertiary/aromatic N) is 4. The van der Waals surface area contributed by atoms with Crippen LogP contribution in [0.3, 0.4) is 0 Å². The topological polar surface area (TPSA) is 89.9 Å². The van der Waals surface area contributed by atoms with E-state index in [1.165, 1.54) is 11.1 Å². The Morgan fingerprint density at radius 3 is 2.79 bits per heavy atom. The first-order valence-corrected chi connectivity index (χ1v) is 11.6. The van der Waals surface area contributed by atoms with E-state index in [9.17, 15) is 4.79 Å². The van der Waals surface area contributed by atoms with Crippen molar-refractivity contribution in [3.05, 3.63) is 64.0 Å². The molecule has 170 valence electrons. The molecule has 0 bridgehead atoms. The highest BCUT2D eigenvalue weighted by Crippen LogP contribution is 2.36. The highest BCUT2D eigenvalue weighted by atomic mass is 16.3. The number of hydrogen-bond acceptors (Lipinski definition) is 6. The molecule has 4 heterocycles. The Hall–Kier alpha value is -3.39. The lowest BCUT2D eigenvalue weighted by Crippen LogP contribution is -2.23. The average molecular weight is 445 g/mol. The van der Waals surface area contributed by atoms with Gasteiger partial charge in [-0.2, -0.15) is 4.98 Å². The Labute approximate surface area is 191 Å². The zero-order chi connectivity index (χ0) is 22.7. The van der Waals surface area contributed by atoms with Gasteiger partial charge in [0.25, 0.3) is 5.56 Å². The van der Waals surface area contributed by atoms with Crippen molar-refractivity contribution in [1.29, 1.82) is 0 Å². The standard InChI is InChI=1S/C25H28N6O2/c1-25(2,3)21-11-19(14-33-21)30-22-20(23(32)31(30)18-6-7-18)13-27-24(29-22)28-17-5-4-16-12-26-9-8-15(16)10-17/h4-5,10-11,13-14,18,26H,6-9,12H2,1-3H3,(H,27,28,29). The Kier molecular flexibility index (Phi) is 4.48. The van der Waals surface area contributed by atoms with Gasteiger partial charge < -0.3 is 15.1 Å². The summed E-state index contributed by atoms with van der Waals surface area (Å²) in [5.41, 5.74) is 4.83. The molecule has 2 N–H and O–H groups in total. The number of benzene rings is 1. The number of aromatic nitrogens is 4. The Balaban J connectivity index is 1.44. The smallest absolute Gasteiger partial charge is 0.278 e. The van der Waals surface area contributed by atoms with Crippen LogP contribution in [0, 0.1) is 0 Å². The van der Waals surface area contributed by atoms with Crippen molar-refractivity contribution >= 4 is 22.7 Å². The first kappa shape index (κ1) is 20.2. The van der Waals surface area contributed by atoms with E-state index >= 15 is 0 Å². The number of fused-ring (bicyclic) bond motifs is 2. The zero-order valence-electron chi connectivity index (χ0n) is 19.2. The van der Waals surface area contributed by atoms with Gasteiger partial charge in [-0.3, -0.25) is 4.79 Å². The summed E-state index contributed by atoms with van der Waals surface area (Å²) < 4.78 is 9.59. The lowest BCUT2D eigenvalue weighted by molar-refractivity contribution is 0.409. The maximum atomic E-state index is 13.2. The number of hydrogen-bond donors (Lipinski definition) is 2. The van der Waals surface area contributed by atoms with Crippen LogP contribution in [0.2, 0.25) is 0 Å². The van der Waals surface area contributed by atoms with Crippen LogP contribution in [0.4, 0.5) is 11.6 Å². The van der Waals surface area contributed by atoms with Crippen LogP contribution >= 0.6 is 0 Å². The maximum absolute atomic E-state index is 13.2. The van der Waals surface area contributed by atoms with Gasteiger partial charge in [0.15, 0.2) is 5.65 Å². The highest BCUT2D eigenvalue weighted by Gasteiger charge is 2.31. The van der Waals surface area contributed by atoms with E-state index in [2.05, 4.69) is 48.5 Å². The maximum Gasteiger partial charge on any atom is 0.278 e. The fourth-order valence-electron chi connectivity index (χ4n) is 4.47. The van der Waals surface area contributed by atoms with Gasteiger partial charge in [0.05, 0.1) is 6.04 Å². The van der Waals surface area contributed by atoms with Gasteiger partial charge in [0.1, 0.15) is 23.1 Å². The monoisotopic (exact) mass is 444 g/mol. The zero-order valence-corrected chi connectivity index (χ0v) is 19.2. The van der Waals surface area contributed by atoms with Crippen LogP contribution in [-0.2, 0) is 18.4 Å². The van der Waals surface area contributed by atoms with Crippen LogP contribution in [0.25, 0.3) is 16.7 Å². The van der Waals surface area contributed by atoms with Gasteiger partial charge >= 0.3 is 0 Å². The normalized spacial score (nSPS) is 16.2. The van der Waals surface area contributed by atoms with Crippen molar-refractivity contribution in [3.8, 4) is 5.69 Å². The van der Waals surface area contributed by atoms with Crippen molar-refractivity contribution in [2.75, 3.05) is 11.9 Å². The van der Waals surface area contributed by atoms with E-state index in [1.807, 2.05) is 21.5 Å². The molecule has 1 aliphatic heterocycles. The van der Waals surface area contributed by atoms with E-state index in [-0.39, 0.29) is 17.0 Å². The van der Waals surface area contributed by atoms with Gasteiger partial charge in [-0.15, -0.1) is 0 Å². The van der Waals surface area contributed by atoms with E-state index in [4.69, 9.17) is 9.40 Å². The van der Waals surface area contributed by atoms with Crippen molar-refractivity contribution in [3.63, 3.8) is 0 Å². The van der Waals surface area contributed by atoms with Gasteiger partial charge in [-0.1, -0.05) is 26.8 Å². The van der Waals surface area contributed by atoms with Gasteiger partial charge in [0.2, 0.25) is 5.95 Å². The molecule has 1 fully saturated rings. The fourth-order valence-corrected chi connectivity index (χ4v) is 4.47. The summed E-state index contributed by atoms with van der Waals surface area (Å²) in [7, 11) is 0. The predicted molar refractivity (Wildman–Crippen MR) is 127 cm³/mol. The average Bonchev–Trinajstić information content (AvgIpc) is 3.42. The quantitative estimate of drug-likeness (QED) is 0.490.